The number of carbonyl (C=O) groups excluding carboxylic acids is 2. The summed E-state index contributed by atoms with van der Waals surface area (Å²) in [7, 11) is 0. The summed E-state index contributed by atoms with van der Waals surface area (Å²) in [6.45, 7) is 9.71. The number of carbonyl (C=O) groups is 2. The Bertz CT molecular complexity index is 623. The van der Waals surface area contributed by atoms with Crippen LogP contribution in [0.15, 0.2) is 24.3 Å². The Balaban J connectivity index is 1.64. The summed E-state index contributed by atoms with van der Waals surface area (Å²) < 4.78 is 18.9. The van der Waals surface area contributed by atoms with E-state index in [1.807, 2.05) is 20.8 Å². The summed E-state index contributed by atoms with van der Waals surface area (Å²) in [5.41, 5.74) is -0.413. The molecule has 0 saturated carbocycles. The van der Waals surface area contributed by atoms with E-state index in [4.69, 9.17) is 4.74 Å². The summed E-state index contributed by atoms with van der Waals surface area (Å²) in [5.74, 6) is -0.902. The molecule has 0 aromatic heterocycles. The topological polar surface area (TPSA) is 61.9 Å². The van der Waals surface area contributed by atoms with E-state index in [1.165, 1.54) is 12.1 Å². The minimum absolute atomic E-state index is 0.0680. The van der Waals surface area contributed by atoms with E-state index >= 15 is 0 Å². The fourth-order valence-corrected chi connectivity index (χ4v) is 2.73. The van der Waals surface area contributed by atoms with Crippen LogP contribution < -0.4 is 5.32 Å². The van der Waals surface area contributed by atoms with Gasteiger partial charge in [0.1, 0.15) is 11.4 Å². The first-order chi connectivity index (χ1) is 12.3. The number of halogens is 1. The van der Waals surface area contributed by atoms with E-state index in [0.717, 1.165) is 26.1 Å². The highest BCUT2D eigenvalue weighted by Gasteiger charge is 2.25. The monoisotopic (exact) mass is 365 g/mol. The Morgan fingerprint density at radius 2 is 1.81 bits per heavy atom. The molecule has 2 amide bonds. The zero-order chi connectivity index (χ0) is 19.2. The Kier molecular flexibility index (Phi) is 6.97. The van der Waals surface area contributed by atoms with Crippen LogP contribution in [0, 0.1) is 5.82 Å². The first kappa shape index (κ1) is 20.2. The first-order valence-electron chi connectivity index (χ1n) is 8.99. The third-order valence-electron chi connectivity index (χ3n) is 4.08. The minimum Gasteiger partial charge on any atom is -0.444 e. The van der Waals surface area contributed by atoms with Gasteiger partial charge in [-0.05, 0) is 45.9 Å². The fraction of sp³-hybridized carbons (Fsp3) is 0.579. The van der Waals surface area contributed by atoms with Crippen LogP contribution in [0.5, 0.6) is 0 Å². The van der Waals surface area contributed by atoms with E-state index < -0.39 is 17.3 Å². The molecule has 144 valence electrons. The Morgan fingerprint density at radius 3 is 2.42 bits per heavy atom. The molecule has 0 bridgehead atoms. The van der Waals surface area contributed by atoms with Gasteiger partial charge in [-0.1, -0.05) is 12.1 Å². The molecule has 0 atom stereocenters. The number of nitrogens with one attached hydrogen (secondary N) is 1. The van der Waals surface area contributed by atoms with Crippen molar-refractivity contribution in [2.45, 2.75) is 32.8 Å². The van der Waals surface area contributed by atoms with Gasteiger partial charge in [0.05, 0.1) is 5.56 Å². The summed E-state index contributed by atoms with van der Waals surface area (Å²) in [5, 5.41) is 2.74. The van der Waals surface area contributed by atoms with Crippen LogP contribution in [0.25, 0.3) is 0 Å². The van der Waals surface area contributed by atoms with Crippen molar-refractivity contribution in [3.8, 4) is 0 Å². The van der Waals surface area contributed by atoms with Gasteiger partial charge in [-0.15, -0.1) is 0 Å². The van der Waals surface area contributed by atoms with Crippen molar-refractivity contribution < 1.29 is 18.7 Å². The van der Waals surface area contributed by atoms with Crippen molar-refractivity contribution >= 4 is 12.0 Å². The van der Waals surface area contributed by atoms with Crippen molar-refractivity contribution in [3.63, 3.8) is 0 Å². The van der Waals surface area contributed by atoms with Crippen LogP contribution in [0.3, 0.4) is 0 Å². The Labute approximate surface area is 154 Å². The number of ether oxygens (including phenoxy) is 1. The van der Waals surface area contributed by atoms with Gasteiger partial charge in [-0.3, -0.25) is 9.69 Å². The molecule has 0 spiro atoms. The van der Waals surface area contributed by atoms with Crippen molar-refractivity contribution in [2.24, 2.45) is 0 Å². The Morgan fingerprint density at radius 1 is 1.15 bits per heavy atom. The van der Waals surface area contributed by atoms with Gasteiger partial charge in [-0.25, -0.2) is 9.18 Å². The van der Waals surface area contributed by atoms with Crippen LogP contribution in [-0.2, 0) is 4.74 Å². The number of rotatable bonds is 5. The summed E-state index contributed by atoms with van der Waals surface area (Å²) in [6, 6.07) is 5.95. The average molecular weight is 365 g/mol. The molecular formula is C19H28FN3O3. The van der Waals surface area contributed by atoms with Gasteiger partial charge < -0.3 is 15.0 Å². The minimum atomic E-state index is -0.511. The highest BCUT2D eigenvalue weighted by atomic mass is 19.1. The standard InChI is InChI=1S/C19H28FN3O3/c1-19(2,3)26-18(25)23-13-11-22(12-14-23)10-6-9-21-17(24)15-7-4-5-8-16(15)20/h4-5,7-8H,6,9-14H2,1-3H3,(H,21,24). The summed E-state index contributed by atoms with van der Waals surface area (Å²) >= 11 is 0. The largest absolute Gasteiger partial charge is 0.444 e. The molecule has 1 heterocycles. The zero-order valence-corrected chi connectivity index (χ0v) is 15.8. The predicted octanol–water partition coefficient (Wildman–Crippen LogP) is 2.50. The van der Waals surface area contributed by atoms with Crippen LogP contribution in [0.4, 0.5) is 9.18 Å². The number of benzene rings is 1. The van der Waals surface area contributed by atoms with E-state index in [-0.39, 0.29) is 11.7 Å². The van der Waals surface area contributed by atoms with Gasteiger partial charge in [-0.2, -0.15) is 0 Å². The third-order valence-corrected chi connectivity index (χ3v) is 4.08. The fourth-order valence-electron chi connectivity index (χ4n) is 2.73. The molecule has 1 aliphatic rings. The molecule has 0 radical (unpaired) electrons. The smallest absolute Gasteiger partial charge is 0.410 e. The van der Waals surface area contributed by atoms with Gasteiger partial charge >= 0.3 is 6.09 Å². The van der Waals surface area contributed by atoms with Gasteiger partial charge in [0.2, 0.25) is 0 Å². The second-order valence-corrected chi connectivity index (χ2v) is 7.40. The molecule has 0 aliphatic carbocycles. The van der Waals surface area contributed by atoms with Gasteiger partial charge in [0.15, 0.2) is 0 Å². The second kappa shape index (κ2) is 8.98. The first-order valence-corrected chi connectivity index (χ1v) is 8.99. The lowest BCUT2D eigenvalue weighted by Gasteiger charge is -2.35. The van der Waals surface area contributed by atoms with E-state index in [2.05, 4.69) is 10.2 Å². The molecule has 0 unspecified atom stereocenters. The molecule has 6 nitrogen and oxygen atoms in total. The maximum absolute atomic E-state index is 13.5. The molecule has 1 fully saturated rings. The lowest BCUT2D eigenvalue weighted by molar-refractivity contribution is 0.0144. The molecule has 1 aromatic carbocycles. The SMILES string of the molecule is CC(C)(C)OC(=O)N1CCN(CCCNC(=O)c2ccccc2F)CC1. The van der Waals surface area contributed by atoms with Crippen LogP contribution in [0.1, 0.15) is 37.6 Å². The maximum atomic E-state index is 13.5. The van der Waals surface area contributed by atoms with Crippen LogP contribution in [0.2, 0.25) is 0 Å². The average Bonchev–Trinajstić information content (AvgIpc) is 2.58. The lowest BCUT2D eigenvalue weighted by Crippen LogP contribution is -2.50. The molecule has 1 aromatic rings. The van der Waals surface area contributed by atoms with E-state index in [9.17, 15) is 14.0 Å². The van der Waals surface area contributed by atoms with E-state index in [1.54, 1.807) is 17.0 Å². The molecule has 1 N–H and O–H groups in total. The number of hydrogen-bond donors (Lipinski definition) is 1. The number of hydrogen-bond acceptors (Lipinski definition) is 4. The highest BCUT2D eigenvalue weighted by molar-refractivity contribution is 5.94. The second-order valence-electron chi connectivity index (χ2n) is 7.40. The number of amides is 2. The number of piperazine rings is 1. The molecule has 7 heteroatoms. The third kappa shape index (κ3) is 6.29. The van der Waals surface area contributed by atoms with Crippen molar-refractivity contribution in [3.05, 3.63) is 35.6 Å². The van der Waals surface area contributed by atoms with Crippen LogP contribution in [-0.4, -0.2) is 66.7 Å². The molecule has 26 heavy (non-hydrogen) atoms. The number of nitrogens with zero attached hydrogens (tertiary/aromatic N) is 2. The zero-order valence-electron chi connectivity index (χ0n) is 15.8. The normalized spacial score (nSPS) is 15.6. The predicted molar refractivity (Wildman–Crippen MR) is 97.6 cm³/mol. The van der Waals surface area contributed by atoms with Gasteiger partial charge in [0.25, 0.3) is 5.91 Å². The van der Waals surface area contributed by atoms with Crippen molar-refractivity contribution in [1.82, 2.24) is 15.1 Å². The van der Waals surface area contributed by atoms with Gasteiger partial charge in [0, 0.05) is 32.7 Å². The maximum Gasteiger partial charge on any atom is 0.410 e. The molecule has 1 aliphatic heterocycles. The summed E-state index contributed by atoms with van der Waals surface area (Å²) in [4.78, 5) is 27.9. The van der Waals surface area contributed by atoms with E-state index in [0.29, 0.717) is 19.6 Å². The van der Waals surface area contributed by atoms with Crippen molar-refractivity contribution in [2.75, 3.05) is 39.3 Å². The molecule has 2 rings (SSSR count). The molecular weight excluding hydrogens is 337 g/mol. The summed E-state index contributed by atoms with van der Waals surface area (Å²) in [6.07, 6.45) is 0.501. The lowest BCUT2D eigenvalue weighted by atomic mass is 10.2. The quantitative estimate of drug-likeness (QED) is 0.815. The highest BCUT2D eigenvalue weighted by Crippen LogP contribution is 2.12. The Hall–Kier alpha value is -2.15. The van der Waals surface area contributed by atoms with Crippen LogP contribution >= 0.6 is 0 Å². The van der Waals surface area contributed by atoms with Crippen molar-refractivity contribution in [1.29, 1.82) is 0 Å². The molecule has 1 saturated heterocycles.